The number of aryl methyl sites for hydroxylation is 1. The summed E-state index contributed by atoms with van der Waals surface area (Å²) in [5.41, 5.74) is 0. The van der Waals surface area contributed by atoms with Gasteiger partial charge in [-0.05, 0) is 40.5 Å². The van der Waals surface area contributed by atoms with Crippen LogP contribution in [-0.4, -0.2) is 24.7 Å². The van der Waals surface area contributed by atoms with Crippen LogP contribution < -0.4 is 4.72 Å². The molecule has 0 aliphatic rings. The fourth-order valence-electron chi connectivity index (χ4n) is 1.67. The Bertz CT molecular complexity index is 734. The van der Waals surface area contributed by atoms with E-state index in [0.717, 1.165) is 4.47 Å². The van der Waals surface area contributed by atoms with Crippen molar-refractivity contribution < 1.29 is 8.42 Å². The lowest BCUT2D eigenvalue weighted by Gasteiger charge is -2.08. The Kier molecular flexibility index (Phi) is 5.67. The van der Waals surface area contributed by atoms with Gasteiger partial charge in [-0.1, -0.05) is 23.2 Å². The Hall–Kier alpha value is -0.600. The summed E-state index contributed by atoms with van der Waals surface area (Å²) in [5.74, 6) is 0. The molecule has 0 bridgehead atoms. The molecular weight excluding hydrogens is 401 g/mol. The molecule has 1 N–H and O–H groups in total. The highest BCUT2D eigenvalue weighted by atomic mass is 79.9. The van der Waals surface area contributed by atoms with E-state index in [9.17, 15) is 8.42 Å². The summed E-state index contributed by atoms with van der Waals surface area (Å²) in [6.07, 6.45) is 4.10. The lowest BCUT2D eigenvalue weighted by Crippen LogP contribution is -2.26. The van der Waals surface area contributed by atoms with E-state index in [1.807, 2.05) is 6.20 Å². The number of rotatable bonds is 6. The molecule has 2 aromatic rings. The number of hydrogen-bond acceptors (Lipinski definition) is 3. The molecule has 0 radical (unpaired) electrons. The van der Waals surface area contributed by atoms with Gasteiger partial charge < -0.3 is 0 Å². The number of halogens is 3. The van der Waals surface area contributed by atoms with Crippen LogP contribution in [0.1, 0.15) is 6.42 Å². The van der Waals surface area contributed by atoms with Crippen molar-refractivity contribution in [3.63, 3.8) is 0 Å². The molecule has 9 heteroatoms. The van der Waals surface area contributed by atoms with E-state index in [1.54, 1.807) is 16.9 Å². The van der Waals surface area contributed by atoms with Crippen LogP contribution in [0, 0.1) is 0 Å². The summed E-state index contributed by atoms with van der Waals surface area (Å²) in [6.45, 7) is 0.889. The normalized spacial score (nSPS) is 11.8. The summed E-state index contributed by atoms with van der Waals surface area (Å²) >= 11 is 15.0. The molecule has 0 aliphatic carbocycles. The second kappa shape index (κ2) is 7.11. The molecule has 21 heavy (non-hydrogen) atoms. The average molecular weight is 413 g/mol. The molecule has 1 aromatic carbocycles. The molecule has 114 valence electrons. The Balaban J connectivity index is 1.94. The van der Waals surface area contributed by atoms with Crippen LogP contribution in [0.15, 0.2) is 40.0 Å². The van der Waals surface area contributed by atoms with Crippen LogP contribution >= 0.6 is 39.1 Å². The predicted molar refractivity (Wildman–Crippen MR) is 86.2 cm³/mol. The van der Waals surface area contributed by atoms with E-state index in [-0.39, 0.29) is 16.5 Å². The third-order valence-electron chi connectivity index (χ3n) is 2.64. The van der Waals surface area contributed by atoms with E-state index in [4.69, 9.17) is 23.2 Å². The molecule has 0 saturated heterocycles. The molecule has 0 amide bonds. The Morgan fingerprint density at radius 3 is 2.76 bits per heavy atom. The zero-order valence-corrected chi connectivity index (χ0v) is 14.7. The van der Waals surface area contributed by atoms with Crippen molar-refractivity contribution >= 4 is 49.2 Å². The fraction of sp³-hybridized carbons (Fsp3) is 0.250. The van der Waals surface area contributed by atoms with Crippen LogP contribution in [0.5, 0.6) is 0 Å². The van der Waals surface area contributed by atoms with Gasteiger partial charge in [0.15, 0.2) is 0 Å². The molecule has 0 atom stereocenters. The van der Waals surface area contributed by atoms with Crippen LogP contribution in [0.4, 0.5) is 0 Å². The highest BCUT2D eigenvalue weighted by Crippen LogP contribution is 2.24. The Labute approximate surface area is 141 Å². The molecule has 2 rings (SSSR count). The minimum absolute atomic E-state index is 0.0153. The summed E-state index contributed by atoms with van der Waals surface area (Å²) in [6, 6.07) is 4.33. The third kappa shape index (κ3) is 4.69. The first kappa shape index (κ1) is 16.8. The lowest BCUT2D eigenvalue weighted by atomic mass is 10.4. The number of sulfonamides is 1. The van der Waals surface area contributed by atoms with Gasteiger partial charge in [0.1, 0.15) is 4.90 Å². The largest absolute Gasteiger partial charge is 0.272 e. The first-order valence-electron chi connectivity index (χ1n) is 6.01. The molecule has 0 unspecified atom stereocenters. The van der Waals surface area contributed by atoms with Gasteiger partial charge in [0.2, 0.25) is 10.0 Å². The SMILES string of the molecule is O=S(=O)(NCCCn1cc(Br)cn1)c1cc(Cl)ccc1Cl. The van der Waals surface area contributed by atoms with E-state index in [2.05, 4.69) is 25.8 Å². The summed E-state index contributed by atoms with van der Waals surface area (Å²) in [4.78, 5) is -0.0153. The average Bonchev–Trinajstić information content (AvgIpc) is 2.83. The van der Waals surface area contributed by atoms with Crippen LogP contribution in [-0.2, 0) is 16.6 Å². The number of nitrogens with zero attached hydrogens (tertiary/aromatic N) is 2. The second-order valence-electron chi connectivity index (χ2n) is 4.25. The monoisotopic (exact) mass is 411 g/mol. The first-order chi connectivity index (χ1) is 9.88. The molecule has 0 fully saturated rings. The highest BCUT2D eigenvalue weighted by molar-refractivity contribution is 9.10. The van der Waals surface area contributed by atoms with Gasteiger partial charge in [0, 0.05) is 24.3 Å². The highest BCUT2D eigenvalue weighted by Gasteiger charge is 2.17. The van der Waals surface area contributed by atoms with Crippen molar-refractivity contribution in [1.82, 2.24) is 14.5 Å². The summed E-state index contributed by atoms with van der Waals surface area (Å²) in [7, 11) is -3.67. The Morgan fingerprint density at radius 1 is 1.33 bits per heavy atom. The maximum absolute atomic E-state index is 12.1. The first-order valence-corrected chi connectivity index (χ1v) is 9.04. The number of nitrogens with one attached hydrogen (secondary N) is 1. The van der Waals surface area contributed by atoms with E-state index >= 15 is 0 Å². The van der Waals surface area contributed by atoms with E-state index < -0.39 is 10.0 Å². The van der Waals surface area contributed by atoms with Crippen molar-refractivity contribution in [2.45, 2.75) is 17.9 Å². The van der Waals surface area contributed by atoms with Crippen molar-refractivity contribution in [2.75, 3.05) is 6.54 Å². The number of aromatic nitrogens is 2. The van der Waals surface area contributed by atoms with Gasteiger partial charge in [-0.15, -0.1) is 0 Å². The quantitative estimate of drug-likeness (QED) is 0.740. The van der Waals surface area contributed by atoms with Crippen molar-refractivity contribution in [3.05, 3.63) is 45.1 Å². The molecule has 5 nitrogen and oxygen atoms in total. The maximum Gasteiger partial charge on any atom is 0.242 e. The van der Waals surface area contributed by atoms with Gasteiger partial charge in [-0.2, -0.15) is 5.10 Å². The fourth-order valence-corrected chi connectivity index (χ4v) is 3.83. The molecule has 0 saturated carbocycles. The standard InChI is InChI=1S/C12H12BrCl2N3O2S/c13-9-7-16-18(8-9)5-1-4-17-21(19,20)12-6-10(14)2-3-11(12)15/h2-3,6-8,17H,1,4-5H2. The van der Waals surface area contributed by atoms with Crippen molar-refractivity contribution in [1.29, 1.82) is 0 Å². The third-order valence-corrected chi connectivity index (χ3v) is 5.23. The minimum atomic E-state index is -3.67. The van der Waals surface area contributed by atoms with Crippen LogP contribution in [0.25, 0.3) is 0 Å². The van der Waals surface area contributed by atoms with Gasteiger partial charge in [-0.3, -0.25) is 4.68 Å². The summed E-state index contributed by atoms with van der Waals surface area (Å²) in [5, 5.41) is 4.55. The molecule has 0 spiro atoms. The number of benzene rings is 1. The molecule has 1 heterocycles. The predicted octanol–water partition coefficient (Wildman–Crippen LogP) is 3.32. The molecule has 1 aromatic heterocycles. The number of hydrogen-bond donors (Lipinski definition) is 1. The van der Waals surface area contributed by atoms with Gasteiger partial charge >= 0.3 is 0 Å². The minimum Gasteiger partial charge on any atom is -0.272 e. The Morgan fingerprint density at radius 2 is 2.10 bits per heavy atom. The van der Waals surface area contributed by atoms with E-state index in [0.29, 0.717) is 18.0 Å². The second-order valence-corrected chi connectivity index (χ2v) is 7.74. The molecule has 0 aliphatic heterocycles. The smallest absolute Gasteiger partial charge is 0.242 e. The van der Waals surface area contributed by atoms with Gasteiger partial charge in [-0.25, -0.2) is 13.1 Å². The summed E-state index contributed by atoms with van der Waals surface area (Å²) < 4.78 is 29.4. The van der Waals surface area contributed by atoms with Gasteiger partial charge in [0.25, 0.3) is 0 Å². The van der Waals surface area contributed by atoms with E-state index in [1.165, 1.54) is 12.1 Å². The van der Waals surface area contributed by atoms with Crippen molar-refractivity contribution in [2.24, 2.45) is 0 Å². The van der Waals surface area contributed by atoms with Gasteiger partial charge in [0.05, 0.1) is 15.7 Å². The van der Waals surface area contributed by atoms with Crippen LogP contribution in [0.3, 0.4) is 0 Å². The zero-order valence-electron chi connectivity index (χ0n) is 10.8. The van der Waals surface area contributed by atoms with Crippen molar-refractivity contribution in [3.8, 4) is 0 Å². The molecular formula is C12H12BrCl2N3O2S. The zero-order chi connectivity index (χ0) is 15.5. The topological polar surface area (TPSA) is 64.0 Å². The maximum atomic E-state index is 12.1. The lowest BCUT2D eigenvalue weighted by molar-refractivity contribution is 0.553. The van der Waals surface area contributed by atoms with Crippen LogP contribution in [0.2, 0.25) is 10.0 Å².